The summed E-state index contributed by atoms with van der Waals surface area (Å²) in [5.41, 5.74) is 3.54. The van der Waals surface area contributed by atoms with E-state index in [4.69, 9.17) is 0 Å². The van der Waals surface area contributed by atoms with Crippen molar-refractivity contribution in [3.63, 3.8) is 0 Å². The van der Waals surface area contributed by atoms with Gasteiger partial charge in [0, 0.05) is 17.8 Å². The molecular formula is C17H25N3O2. The van der Waals surface area contributed by atoms with E-state index in [1.165, 1.54) is 0 Å². The number of rotatable bonds is 5. The van der Waals surface area contributed by atoms with Crippen molar-refractivity contribution in [3.05, 3.63) is 35.3 Å². The molecule has 0 spiro atoms. The fourth-order valence-corrected chi connectivity index (χ4v) is 2.82. The lowest BCUT2D eigenvalue weighted by Crippen LogP contribution is -2.41. The summed E-state index contributed by atoms with van der Waals surface area (Å²) in [7, 11) is 0. The van der Waals surface area contributed by atoms with E-state index in [2.05, 4.69) is 42.0 Å². The van der Waals surface area contributed by atoms with E-state index in [0.717, 1.165) is 23.6 Å². The molecule has 0 aromatic carbocycles. The van der Waals surface area contributed by atoms with Crippen LogP contribution >= 0.6 is 0 Å². The molecule has 0 aliphatic heterocycles. The Labute approximate surface area is 131 Å². The van der Waals surface area contributed by atoms with Crippen molar-refractivity contribution < 1.29 is 9.90 Å². The summed E-state index contributed by atoms with van der Waals surface area (Å²) in [4.78, 5) is 18.0. The quantitative estimate of drug-likeness (QED) is 0.922. The molecule has 2 heterocycles. The zero-order chi connectivity index (χ0) is 16.5. The lowest BCUT2D eigenvalue weighted by Gasteiger charge is -2.34. The minimum Gasteiger partial charge on any atom is -0.481 e. The van der Waals surface area contributed by atoms with Gasteiger partial charge in [-0.1, -0.05) is 13.0 Å². The van der Waals surface area contributed by atoms with Gasteiger partial charge in [0.2, 0.25) is 0 Å². The minimum atomic E-state index is -0.846. The minimum absolute atomic E-state index is 0.0160. The first-order valence-corrected chi connectivity index (χ1v) is 7.66. The second-order valence-corrected chi connectivity index (χ2v) is 6.62. The van der Waals surface area contributed by atoms with Crippen molar-refractivity contribution in [1.29, 1.82) is 0 Å². The van der Waals surface area contributed by atoms with Gasteiger partial charge in [0.05, 0.1) is 17.8 Å². The zero-order valence-electron chi connectivity index (χ0n) is 14.1. The van der Waals surface area contributed by atoms with Crippen LogP contribution in [0.1, 0.15) is 44.8 Å². The molecule has 0 fully saturated rings. The molecular weight excluding hydrogens is 278 g/mol. The monoisotopic (exact) mass is 303 g/mol. The van der Waals surface area contributed by atoms with E-state index in [1.54, 1.807) is 0 Å². The first-order chi connectivity index (χ1) is 10.2. The largest absolute Gasteiger partial charge is 0.481 e. The molecule has 0 aliphatic rings. The molecule has 0 amide bonds. The van der Waals surface area contributed by atoms with Crippen molar-refractivity contribution in [1.82, 2.24) is 14.3 Å². The van der Waals surface area contributed by atoms with Crippen molar-refractivity contribution in [2.75, 3.05) is 6.54 Å². The Morgan fingerprint density at radius 2 is 2.05 bits per heavy atom. The molecule has 2 rings (SSSR count). The van der Waals surface area contributed by atoms with Gasteiger partial charge in [0.25, 0.3) is 0 Å². The number of carboxylic acid groups (broad SMARTS) is 1. The van der Waals surface area contributed by atoms with E-state index in [9.17, 15) is 9.90 Å². The summed E-state index contributed by atoms with van der Waals surface area (Å²) in [6.07, 6.45) is -0.0435. The summed E-state index contributed by atoms with van der Waals surface area (Å²) >= 11 is 0. The van der Waals surface area contributed by atoms with Crippen LogP contribution in [-0.4, -0.2) is 37.4 Å². The SMILES string of the molecule is CCN(Cc1c(CC(=O)O)nc2cccc(C)n12)C(C)(C)C. The molecule has 1 N–H and O–H groups in total. The van der Waals surface area contributed by atoms with Gasteiger partial charge in [-0.25, -0.2) is 4.98 Å². The number of aryl methyl sites for hydroxylation is 1. The first kappa shape index (κ1) is 16.5. The van der Waals surface area contributed by atoms with Gasteiger partial charge in [-0.05, 0) is 46.4 Å². The third kappa shape index (κ3) is 3.30. The van der Waals surface area contributed by atoms with Gasteiger partial charge in [0.1, 0.15) is 5.65 Å². The molecule has 2 aromatic rings. The van der Waals surface area contributed by atoms with Crippen LogP contribution in [0.2, 0.25) is 0 Å². The van der Waals surface area contributed by atoms with Crippen LogP contribution in [0.4, 0.5) is 0 Å². The van der Waals surface area contributed by atoms with Crippen molar-refractivity contribution in [2.45, 2.75) is 53.1 Å². The number of fused-ring (bicyclic) bond motifs is 1. The lowest BCUT2D eigenvalue weighted by molar-refractivity contribution is -0.136. The molecule has 5 nitrogen and oxygen atoms in total. The van der Waals surface area contributed by atoms with Crippen molar-refractivity contribution >= 4 is 11.6 Å². The average Bonchev–Trinajstić information content (AvgIpc) is 2.72. The van der Waals surface area contributed by atoms with Crippen LogP contribution in [-0.2, 0) is 17.8 Å². The standard InChI is InChI=1S/C17H25N3O2/c1-6-19(17(3,4)5)11-14-13(10-16(21)22)18-15-9-7-8-12(2)20(14)15/h7-9H,6,10-11H2,1-5H3,(H,21,22). The van der Waals surface area contributed by atoms with Gasteiger partial charge in [-0.2, -0.15) is 0 Å². The number of carboxylic acids is 1. The highest BCUT2D eigenvalue weighted by Gasteiger charge is 2.24. The van der Waals surface area contributed by atoms with Gasteiger partial charge in [0.15, 0.2) is 0 Å². The van der Waals surface area contributed by atoms with E-state index in [-0.39, 0.29) is 12.0 Å². The molecule has 22 heavy (non-hydrogen) atoms. The maximum Gasteiger partial charge on any atom is 0.309 e. The fraction of sp³-hybridized carbons (Fsp3) is 0.529. The highest BCUT2D eigenvalue weighted by atomic mass is 16.4. The fourth-order valence-electron chi connectivity index (χ4n) is 2.82. The Bertz CT molecular complexity index is 683. The van der Waals surface area contributed by atoms with Gasteiger partial charge >= 0.3 is 5.97 Å². The molecule has 0 unspecified atom stereocenters. The van der Waals surface area contributed by atoms with Crippen LogP contribution in [0.3, 0.4) is 0 Å². The first-order valence-electron chi connectivity index (χ1n) is 7.66. The van der Waals surface area contributed by atoms with Gasteiger partial charge < -0.3 is 5.11 Å². The zero-order valence-corrected chi connectivity index (χ0v) is 14.1. The number of pyridine rings is 1. The third-order valence-electron chi connectivity index (χ3n) is 4.01. The lowest BCUT2D eigenvalue weighted by atomic mass is 10.1. The Hall–Kier alpha value is -1.88. The molecule has 0 atom stereocenters. The number of carbonyl (C=O) groups is 1. The maximum absolute atomic E-state index is 11.2. The van der Waals surface area contributed by atoms with Crippen molar-refractivity contribution in [2.24, 2.45) is 0 Å². The second kappa shape index (κ2) is 6.08. The third-order valence-corrected chi connectivity index (χ3v) is 4.01. The maximum atomic E-state index is 11.2. The van der Waals surface area contributed by atoms with Crippen LogP contribution in [0.5, 0.6) is 0 Å². The molecule has 5 heteroatoms. The predicted octanol–water partition coefficient (Wildman–Crippen LogP) is 2.89. The van der Waals surface area contributed by atoms with Crippen LogP contribution in [0.25, 0.3) is 5.65 Å². The van der Waals surface area contributed by atoms with Crippen LogP contribution < -0.4 is 0 Å². The normalized spacial score (nSPS) is 12.3. The molecule has 2 aromatic heterocycles. The van der Waals surface area contributed by atoms with E-state index in [0.29, 0.717) is 12.2 Å². The molecule has 0 bridgehead atoms. The molecule has 0 aliphatic carbocycles. The summed E-state index contributed by atoms with van der Waals surface area (Å²) in [6.45, 7) is 12.2. The average molecular weight is 303 g/mol. The Kier molecular flexibility index (Phi) is 4.56. The van der Waals surface area contributed by atoms with E-state index in [1.807, 2.05) is 25.1 Å². The van der Waals surface area contributed by atoms with Crippen LogP contribution in [0.15, 0.2) is 18.2 Å². The second-order valence-electron chi connectivity index (χ2n) is 6.62. The van der Waals surface area contributed by atoms with Crippen LogP contribution in [0, 0.1) is 6.92 Å². The number of hydrogen-bond acceptors (Lipinski definition) is 3. The molecule has 0 saturated heterocycles. The number of hydrogen-bond donors (Lipinski definition) is 1. The summed E-state index contributed by atoms with van der Waals surface area (Å²) in [5, 5.41) is 9.17. The Morgan fingerprint density at radius 3 is 2.59 bits per heavy atom. The van der Waals surface area contributed by atoms with Crippen molar-refractivity contribution in [3.8, 4) is 0 Å². The smallest absolute Gasteiger partial charge is 0.309 e. The number of nitrogens with zero attached hydrogens (tertiary/aromatic N) is 3. The van der Waals surface area contributed by atoms with E-state index >= 15 is 0 Å². The Morgan fingerprint density at radius 1 is 1.36 bits per heavy atom. The summed E-state index contributed by atoms with van der Waals surface area (Å²) in [5.74, 6) is -0.846. The molecule has 0 saturated carbocycles. The summed E-state index contributed by atoms with van der Waals surface area (Å²) in [6, 6.07) is 5.90. The van der Waals surface area contributed by atoms with E-state index < -0.39 is 5.97 Å². The Balaban J connectivity index is 2.55. The molecule has 120 valence electrons. The highest BCUT2D eigenvalue weighted by molar-refractivity contribution is 5.70. The van der Waals surface area contributed by atoms with Gasteiger partial charge in [-0.3, -0.25) is 14.1 Å². The topological polar surface area (TPSA) is 57.8 Å². The predicted molar refractivity (Wildman–Crippen MR) is 87.1 cm³/mol. The highest BCUT2D eigenvalue weighted by Crippen LogP contribution is 2.22. The number of aromatic nitrogens is 2. The number of imidazole rings is 1. The van der Waals surface area contributed by atoms with Gasteiger partial charge in [-0.15, -0.1) is 0 Å². The number of aliphatic carboxylic acids is 1. The summed E-state index contributed by atoms with van der Waals surface area (Å²) < 4.78 is 2.08. The molecule has 0 radical (unpaired) electrons.